The van der Waals surface area contributed by atoms with Crippen LogP contribution in [0, 0.1) is 0 Å². The molecule has 1 atom stereocenters. The highest BCUT2D eigenvalue weighted by molar-refractivity contribution is 7.99. The maximum atomic E-state index is 11.7. The summed E-state index contributed by atoms with van der Waals surface area (Å²) >= 11 is 8.12. The number of ether oxygens (including phenoxy) is 1. The summed E-state index contributed by atoms with van der Waals surface area (Å²) in [7, 11) is 0. The van der Waals surface area contributed by atoms with Gasteiger partial charge < -0.3 is 4.74 Å². The van der Waals surface area contributed by atoms with Gasteiger partial charge in [0.15, 0.2) is 0 Å². The second-order valence-electron chi connectivity index (χ2n) is 13.4. The van der Waals surface area contributed by atoms with Crippen molar-refractivity contribution in [2.45, 2.75) is 83.8 Å². The fraction of sp³-hybridized carbons (Fsp3) is 0.415. The van der Waals surface area contributed by atoms with E-state index in [0.717, 1.165) is 78.9 Å². The Balaban J connectivity index is 1.43. The van der Waals surface area contributed by atoms with Crippen molar-refractivity contribution in [2.75, 3.05) is 24.6 Å². The molecule has 7 heteroatoms. The van der Waals surface area contributed by atoms with Gasteiger partial charge in [0, 0.05) is 42.1 Å². The Hall–Kier alpha value is -3.16. The van der Waals surface area contributed by atoms with Crippen molar-refractivity contribution in [3.05, 3.63) is 112 Å². The van der Waals surface area contributed by atoms with E-state index in [9.17, 15) is 4.79 Å². The quantitative estimate of drug-likeness (QED) is 0.0627. The molecule has 0 saturated heterocycles. The van der Waals surface area contributed by atoms with Crippen molar-refractivity contribution in [2.24, 2.45) is 0 Å². The maximum Gasteiger partial charge on any atom is 0.303 e. The van der Waals surface area contributed by atoms with Crippen LogP contribution in [0.25, 0.3) is 23.1 Å². The molecule has 5 nitrogen and oxygen atoms in total. The summed E-state index contributed by atoms with van der Waals surface area (Å²) in [6.45, 7) is 12.1. The maximum absolute atomic E-state index is 11.7. The van der Waals surface area contributed by atoms with E-state index in [1.165, 1.54) is 23.6 Å². The Morgan fingerprint density at radius 3 is 2.48 bits per heavy atom. The molecule has 1 saturated carbocycles. The Kier molecular flexibility index (Phi) is 12.4. The van der Waals surface area contributed by atoms with Gasteiger partial charge in [-0.1, -0.05) is 92.2 Å². The van der Waals surface area contributed by atoms with Crippen molar-refractivity contribution in [3.8, 4) is 0 Å². The van der Waals surface area contributed by atoms with Gasteiger partial charge in [-0.2, -0.15) is 16.8 Å². The minimum atomic E-state index is -0.512. The van der Waals surface area contributed by atoms with Crippen LogP contribution in [0.15, 0.2) is 78.9 Å². The fourth-order valence-corrected chi connectivity index (χ4v) is 7.80. The van der Waals surface area contributed by atoms with E-state index in [4.69, 9.17) is 26.2 Å². The molecular weight excluding hydrogens is 636 g/mol. The summed E-state index contributed by atoms with van der Waals surface area (Å²) in [6.07, 6.45) is 9.13. The number of carbonyl (C=O) groups is 1. The SMILES string of the molecule is CCCN(CCC)OC(C)(C)c1ccccc1C(CCSCC1(OC(C)=O)CC1)c1cccc(C=Cc2ccc3ccc(Cl)cc3n2)c1. The van der Waals surface area contributed by atoms with Crippen LogP contribution in [0.2, 0.25) is 5.02 Å². The van der Waals surface area contributed by atoms with Gasteiger partial charge in [0.25, 0.3) is 0 Å². The largest absolute Gasteiger partial charge is 0.458 e. The lowest BCUT2D eigenvalue weighted by atomic mass is 9.81. The first kappa shape index (κ1) is 36.1. The molecule has 5 rings (SSSR count). The molecule has 3 aromatic carbocycles. The predicted octanol–water partition coefficient (Wildman–Crippen LogP) is 10.7. The van der Waals surface area contributed by atoms with Crippen LogP contribution in [0.5, 0.6) is 0 Å². The third-order valence-electron chi connectivity index (χ3n) is 8.81. The number of pyridine rings is 1. The molecule has 1 fully saturated rings. The molecule has 0 N–H and O–H groups in total. The van der Waals surface area contributed by atoms with Crippen LogP contribution in [0.3, 0.4) is 0 Å². The van der Waals surface area contributed by atoms with Crippen LogP contribution in [-0.2, 0) is 20.0 Å². The van der Waals surface area contributed by atoms with Gasteiger partial charge >= 0.3 is 5.97 Å². The molecule has 1 heterocycles. The van der Waals surface area contributed by atoms with Crippen molar-refractivity contribution < 1.29 is 14.4 Å². The van der Waals surface area contributed by atoms with E-state index in [-0.39, 0.29) is 17.5 Å². The van der Waals surface area contributed by atoms with Gasteiger partial charge in [-0.05, 0) is 98.2 Å². The smallest absolute Gasteiger partial charge is 0.303 e. The number of benzene rings is 3. The number of carbonyl (C=O) groups excluding carboxylic acids is 1. The van der Waals surface area contributed by atoms with Crippen LogP contribution in [0.1, 0.15) is 101 Å². The van der Waals surface area contributed by atoms with Crippen LogP contribution in [0.4, 0.5) is 0 Å². The third-order valence-corrected chi connectivity index (χ3v) is 10.3. The van der Waals surface area contributed by atoms with E-state index in [1.807, 2.05) is 36.0 Å². The van der Waals surface area contributed by atoms with E-state index >= 15 is 0 Å². The Morgan fingerprint density at radius 1 is 1.00 bits per heavy atom. The number of hydroxylamine groups is 2. The van der Waals surface area contributed by atoms with Crippen LogP contribution in [-0.4, -0.2) is 46.2 Å². The third kappa shape index (κ3) is 9.72. The van der Waals surface area contributed by atoms with Crippen molar-refractivity contribution in [1.29, 1.82) is 0 Å². The highest BCUT2D eigenvalue weighted by atomic mass is 35.5. The second kappa shape index (κ2) is 16.5. The average Bonchev–Trinajstić information content (AvgIpc) is 3.82. The minimum absolute atomic E-state index is 0.153. The molecule has 1 aromatic heterocycles. The molecule has 0 amide bonds. The molecule has 48 heavy (non-hydrogen) atoms. The molecule has 0 bridgehead atoms. The number of nitrogens with zero attached hydrogens (tertiary/aromatic N) is 2. The second-order valence-corrected chi connectivity index (χ2v) is 14.9. The number of esters is 1. The average molecular weight is 685 g/mol. The van der Waals surface area contributed by atoms with Gasteiger partial charge in [0.1, 0.15) is 11.2 Å². The number of fused-ring (bicyclic) bond motifs is 1. The highest BCUT2D eigenvalue weighted by Gasteiger charge is 2.46. The van der Waals surface area contributed by atoms with Gasteiger partial charge in [0.05, 0.1) is 11.2 Å². The zero-order chi connectivity index (χ0) is 34.1. The highest BCUT2D eigenvalue weighted by Crippen LogP contribution is 2.43. The first-order valence-electron chi connectivity index (χ1n) is 17.3. The van der Waals surface area contributed by atoms with Crippen LogP contribution < -0.4 is 0 Å². The van der Waals surface area contributed by atoms with E-state index in [0.29, 0.717) is 5.02 Å². The van der Waals surface area contributed by atoms with E-state index < -0.39 is 5.60 Å². The normalized spacial score (nSPS) is 14.9. The first-order valence-corrected chi connectivity index (χ1v) is 18.8. The molecule has 4 aromatic rings. The van der Waals surface area contributed by atoms with Gasteiger partial charge in [-0.15, -0.1) is 0 Å². The summed E-state index contributed by atoms with van der Waals surface area (Å²) < 4.78 is 5.67. The number of hydrogen-bond acceptors (Lipinski definition) is 6. The molecule has 1 aliphatic rings. The van der Waals surface area contributed by atoms with Gasteiger partial charge in [-0.25, -0.2) is 4.98 Å². The van der Waals surface area contributed by atoms with E-state index in [1.54, 1.807) is 0 Å². The van der Waals surface area contributed by atoms with Crippen molar-refractivity contribution >= 4 is 52.4 Å². The fourth-order valence-electron chi connectivity index (χ4n) is 6.36. The number of thioether (sulfide) groups is 1. The van der Waals surface area contributed by atoms with Gasteiger partial charge in [-0.3, -0.25) is 9.63 Å². The molecule has 0 radical (unpaired) electrons. The summed E-state index contributed by atoms with van der Waals surface area (Å²) in [5.41, 5.74) is 5.86. The predicted molar refractivity (Wildman–Crippen MR) is 202 cm³/mol. The Morgan fingerprint density at radius 2 is 1.75 bits per heavy atom. The lowest BCUT2D eigenvalue weighted by Gasteiger charge is -2.35. The number of halogens is 1. The molecule has 0 spiro atoms. The Labute approximate surface area is 296 Å². The van der Waals surface area contributed by atoms with E-state index in [2.05, 4.69) is 99.5 Å². The number of rotatable bonds is 17. The molecular formula is C41H49ClN2O3S. The molecule has 0 aliphatic heterocycles. The first-order chi connectivity index (χ1) is 23.1. The molecule has 1 unspecified atom stereocenters. The monoisotopic (exact) mass is 684 g/mol. The molecule has 1 aliphatic carbocycles. The van der Waals surface area contributed by atoms with Crippen LogP contribution >= 0.6 is 23.4 Å². The summed E-state index contributed by atoms with van der Waals surface area (Å²) in [4.78, 5) is 23.2. The zero-order valence-corrected chi connectivity index (χ0v) is 30.6. The number of aromatic nitrogens is 1. The standard InChI is InChI=1S/C41H49ClN2O3S/c1-6-24-44(25-7-2)47-40(4,5)38-14-9-8-13-37(38)36(21-26-48-29-41(22-23-41)46-30(3)45)33-12-10-11-31(27-33)15-19-35-20-17-32-16-18-34(42)28-39(32)43-35/h8-20,27-28,36H,6-7,21-26,29H2,1-5H3. The lowest BCUT2D eigenvalue weighted by Crippen LogP contribution is -2.36. The number of hydrogen-bond donors (Lipinski definition) is 0. The topological polar surface area (TPSA) is 51.7 Å². The van der Waals surface area contributed by atoms with Crippen molar-refractivity contribution in [1.82, 2.24) is 10.0 Å². The Bertz CT molecular complexity index is 1710. The zero-order valence-electron chi connectivity index (χ0n) is 29.0. The van der Waals surface area contributed by atoms with Crippen molar-refractivity contribution in [3.63, 3.8) is 0 Å². The molecule has 254 valence electrons. The summed E-state index contributed by atoms with van der Waals surface area (Å²) in [5.74, 6) is 1.76. The van der Waals surface area contributed by atoms with Gasteiger partial charge in [0.2, 0.25) is 0 Å². The minimum Gasteiger partial charge on any atom is -0.458 e. The lowest BCUT2D eigenvalue weighted by molar-refractivity contribution is -0.240. The summed E-state index contributed by atoms with van der Waals surface area (Å²) in [5, 5.41) is 3.88. The summed E-state index contributed by atoms with van der Waals surface area (Å²) in [6, 6.07) is 27.5.